The molecule has 1 unspecified atom stereocenters. The molecule has 1 amide bonds. The van der Waals surface area contributed by atoms with Crippen LogP contribution in [-0.2, 0) is 14.8 Å². The van der Waals surface area contributed by atoms with E-state index in [0.717, 1.165) is 24.8 Å². The number of sulfonamides is 1. The minimum Gasteiger partial charge on any atom is -0.355 e. The summed E-state index contributed by atoms with van der Waals surface area (Å²) in [6.07, 6.45) is 6.66. The molecule has 0 aromatic heterocycles. The van der Waals surface area contributed by atoms with Crippen LogP contribution in [0.5, 0.6) is 0 Å². The van der Waals surface area contributed by atoms with Crippen molar-refractivity contribution in [3.8, 4) is 0 Å². The zero-order chi connectivity index (χ0) is 16.0. The predicted molar refractivity (Wildman–Crippen MR) is 85.9 cm³/mol. The van der Waals surface area contributed by atoms with Crippen LogP contribution in [0.1, 0.15) is 24.8 Å². The number of nitrogens with one attached hydrogen (secondary N) is 2. The lowest BCUT2D eigenvalue weighted by Gasteiger charge is -2.17. The van der Waals surface area contributed by atoms with Crippen LogP contribution in [0.25, 0.3) is 0 Å². The molecule has 1 aromatic rings. The third-order valence-corrected chi connectivity index (χ3v) is 5.16. The van der Waals surface area contributed by atoms with Gasteiger partial charge in [-0.05, 0) is 38.3 Å². The summed E-state index contributed by atoms with van der Waals surface area (Å²) in [5.74, 6) is 0.0117. The van der Waals surface area contributed by atoms with E-state index in [0.29, 0.717) is 6.54 Å². The first-order chi connectivity index (χ1) is 10.5. The fraction of sp³-hybridized carbons (Fsp3) is 0.438. The van der Waals surface area contributed by atoms with E-state index in [4.69, 9.17) is 0 Å². The van der Waals surface area contributed by atoms with Crippen LogP contribution in [0.3, 0.4) is 0 Å². The molecule has 120 valence electrons. The first-order valence-electron chi connectivity index (χ1n) is 7.48. The second-order valence-corrected chi connectivity index (χ2v) is 7.25. The Bertz CT molecular complexity index is 636. The number of hydrogen-bond acceptors (Lipinski definition) is 3. The largest absolute Gasteiger partial charge is 0.355 e. The Kier molecular flexibility index (Phi) is 5.74. The van der Waals surface area contributed by atoms with Gasteiger partial charge >= 0.3 is 0 Å². The van der Waals surface area contributed by atoms with Crippen LogP contribution >= 0.6 is 0 Å². The summed E-state index contributed by atoms with van der Waals surface area (Å²) in [7, 11) is -3.51. The summed E-state index contributed by atoms with van der Waals surface area (Å²) in [6, 6.07) is 6.66. The molecule has 22 heavy (non-hydrogen) atoms. The number of amides is 1. The molecular weight excluding hydrogens is 300 g/mol. The fourth-order valence-corrected chi connectivity index (χ4v) is 3.38. The van der Waals surface area contributed by atoms with Gasteiger partial charge in [-0.1, -0.05) is 29.8 Å². The Labute approximate surface area is 131 Å². The molecule has 1 atom stereocenters. The minimum absolute atomic E-state index is 0.00103. The lowest BCUT2D eigenvalue weighted by atomic mass is 9.94. The van der Waals surface area contributed by atoms with E-state index in [1.165, 1.54) is 0 Å². The molecule has 0 radical (unpaired) electrons. The van der Waals surface area contributed by atoms with E-state index in [-0.39, 0.29) is 23.3 Å². The number of aryl methyl sites for hydroxylation is 1. The molecule has 0 heterocycles. The summed E-state index contributed by atoms with van der Waals surface area (Å²) < 4.78 is 26.6. The average Bonchev–Trinajstić information content (AvgIpc) is 2.52. The van der Waals surface area contributed by atoms with Gasteiger partial charge in [0.25, 0.3) is 0 Å². The molecule has 1 aliphatic carbocycles. The smallest absolute Gasteiger partial charge is 0.240 e. The van der Waals surface area contributed by atoms with Gasteiger partial charge in [0.1, 0.15) is 0 Å². The standard InChI is InChI=1S/C16H22N2O3S/c1-13-7-9-15(10-8-13)22(20,21)18-12-11-17-16(19)14-5-3-2-4-6-14/h2-3,7-10,14,18H,4-6,11-12H2,1H3,(H,17,19). The second-order valence-electron chi connectivity index (χ2n) is 5.48. The van der Waals surface area contributed by atoms with E-state index in [1.54, 1.807) is 24.3 Å². The number of rotatable bonds is 6. The van der Waals surface area contributed by atoms with E-state index >= 15 is 0 Å². The second kappa shape index (κ2) is 7.56. The van der Waals surface area contributed by atoms with Crippen molar-refractivity contribution >= 4 is 15.9 Å². The monoisotopic (exact) mass is 322 g/mol. The lowest BCUT2D eigenvalue weighted by molar-refractivity contribution is -0.125. The molecule has 0 saturated heterocycles. The maximum Gasteiger partial charge on any atom is 0.240 e. The highest BCUT2D eigenvalue weighted by Gasteiger charge is 2.18. The Morgan fingerprint density at radius 3 is 2.55 bits per heavy atom. The van der Waals surface area contributed by atoms with Gasteiger partial charge < -0.3 is 5.32 Å². The van der Waals surface area contributed by atoms with Crippen molar-refractivity contribution in [3.05, 3.63) is 42.0 Å². The van der Waals surface area contributed by atoms with Crippen LogP contribution in [0.4, 0.5) is 0 Å². The highest BCUT2D eigenvalue weighted by Crippen LogP contribution is 2.17. The zero-order valence-electron chi connectivity index (χ0n) is 12.7. The molecule has 0 saturated carbocycles. The molecule has 0 fully saturated rings. The summed E-state index contributed by atoms with van der Waals surface area (Å²) in [5, 5.41) is 2.79. The molecule has 0 bridgehead atoms. The fourth-order valence-electron chi connectivity index (χ4n) is 2.35. The Hall–Kier alpha value is -1.66. The maximum atomic E-state index is 12.1. The van der Waals surface area contributed by atoms with Gasteiger partial charge in [0.05, 0.1) is 4.90 Å². The molecule has 1 aliphatic rings. The van der Waals surface area contributed by atoms with Crippen molar-refractivity contribution in [1.82, 2.24) is 10.0 Å². The van der Waals surface area contributed by atoms with Crippen molar-refractivity contribution in [2.24, 2.45) is 5.92 Å². The van der Waals surface area contributed by atoms with Gasteiger partial charge in [0, 0.05) is 19.0 Å². The minimum atomic E-state index is -3.51. The topological polar surface area (TPSA) is 75.3 Å². The molecule has 2 N–H and O–H groups in total. The summed E-state index contributed by atoms with van der Waals surface area (Å²) in [4.78, 5) is 12.1. The number of carbonyl (C=O) groups excluding carboxylic acids is 1. The van der Waals surface area contributed by atoms with Gasteiger partial charge in [-0.15, -0.1) is 0 Å². The van der Waals surface area contributed by atoms with Crippen LogP contribution in [0, 0.1) is 12.8 Å². The highest BCUT2D eigenvalue weighted by molar-refractivity contribution is 7.89. The average molecular weight is 322 g/mol. The van der Waals surface area contributed by atoms with Gasteiger partial charge in [-0.25, -0.2) is 13.1 Å². The van der Waals surface area contributed by atoms with Crippen molar-refractivity contribution in [2.75, 3.05) is 13.1 Å². The third-order valence-electron chi connectivity index (χ3n) is 3.69. The number of hydrogen-bond donors (Lipinski definition) is 2. The van der Waals surface area contributed by atoms with Gasteiger partial charge in [-0.3, -0.25) is 4.79 Å². The van der Waals surface area contributed by atoms with Gasteiger partial charge in [0.2, 0.25) is 15.9 Å². The summed E-state index contributed by atoms with van der Waals surface area (Å²) in [5.41, 5.74) is 1.01. The van der Waals surface area contributed by atoms with Crippen molar-refractivity contribution in [2.45, 2.75) is 31.1 Å². The SMILES string of the molecule is Cc1ccc(S(=O)(=O)NCCNC(=O)C2CC=CCC2)cc1. The zero-order valence-corrected chi connectivity index (χ0v) is 13.5. The van der Waals surface area contributed by atoms with Crippen molar-refractivity contribution in [1.29, 1.82) is 0 Å². The van der Waals surface area contributed by atoms with Crippen LogP contribution in [-0.4, -0.2) is 27.4 Å². The van der Waals surface area contributed by atoms with E-state index in [2.05, 4.69) is 16.1 Å². The number of benzene rings is 1. The summed E-state index contributed by atoms with van der Waals surface area (Å²) >= 11 is 0. The molecule has 1 aromatic carbocycles. The van der Waals surface area contributed by atoms with Gasteiger partial charge in [-0.2, -0.15) is 0 Å². The van der Waals surface area contributed by atoms with Crippen LogP contribution in [0.2, 0.25) is 0 Å². The lowest BCUT2D eigenvalue weighted by Crippen LogP contribution is -2.37. The first kappa shape index (κ1) is 16.7. The van der Waals surface area contributed by atoms with E-state index < -0.39 is 10.0 Å². The van der Waals surface area contributed by atoms with E-state index in [9.17, 15) is 13.2 Å². The number of carbonyl (C=O) groups is 1. The van der Waals surface area contributed by atoms with Crippen molar-refractivity contribution in [3.63, 3.8) is 0 Å². The number of allylic oxidation sites excluding steroid dienone is 2. The van der Waals surface area contributed by atoms with Gasteiger partial charge in [0.15, 0.2) is 0 Å². The first-order valence-corrected chi connectivity index (χ1v) is 8.96. The van der Waals surface area contributed by atoms with Crippen molar-refractivity contribution < 1.29 is 13.2 Å². The molecular formula is C16H22N2O3S. The molecule has 6 heteroatoms. The normalized spacial score (nSPS) is 18.1. The third kappa shape index (κ3) is 4.68. The Morgan fingerprint density at radius 1 is 1.18 bits per heavy atom. The van der Waals surface area contributed by atoms with Crippen LogP contribution < -0.4 is 10.0 Å². The quantitative estimate of drug-likeness (QED) is 0.619. The Balaban J connectivity index is 1.77. The van der Waals surface area contributed by atoms with Crippen LogP contribution in [0.15, 0.2) is 41.3 Å². The van der Waals surface area contributed by atoms with E-state index in [1.807, 2.05) is 13.0 Å². The molecule has 2 rings (SSSR count). The summed E-state index contributed by atoms with van der Waals surface area (Å²) in [6.45, 7) is 2.38. The predicted octanol–water partition coefficient (Wildman–Crippen LogP) is 1.75. The highest BCUT2D eigenvalue weighted by atomic mass is 32.2. The molecule has 0 aliphatic heterocycles. The molecule has 5 nitrogen and oxygen atoms in total. The Morgan fingerprint density at radius 2 is 1.91 bits per heavy atom. The molecule has 0 spiro atoms. The maximum absolute atomic E-state index is 12.1.